The van der Waals surface area contributed by atoms with E-state index in [9.17, 15) is 4.79 Å². The van der Waals surface area contributed by atoms with Crippen LogP contribution in [0.4, 0.5) is 0 Å². The highest BCUT2D eigenvalue weighted by Gasteiger charge is 2.20. The van der Waals surface area contributed by atoms with Crippen molar-refractivity contribution in [1.29, 1.82) is 0 Å². The Bertz CT molecular complexity index is 226. The second-order valence-electron chi connectivity index (χ2n) is 3.01. The van der Waals surface area contributed by atoms with E-state index in [2.05, 4.69) is 0 Å². The zero-order valence-corrected chi connectivity index (χ0v) is 7.16. The number of carbonyl (C=O) groups is 1. The Balaban J connectivity index is 2.70. The van der Waals surface area contributed by atoms with Crippen molar-refractivity contribution in [2.75, 3.05) is 14.1 Å². The summed E-state index contributed by atoms with van der Waals surface area (Å²) in [5.74, 6) is 0.150. The van der Waals surface area contributed by atoms with Crippen molar-refractivity contribution in [1.82, 2.24) is 4.90 Å². The molecule has 0 fully saturated rings. The molecule has 1 aliphatic rings. The normalized spacial score (nSPS) is 21.7. The Morgan fingerprint density at radius 1 is 1.55 bits per heavy atom. The van der Waals surface area contributed by atoms with Crippen LogP contribution in [0.25, 0.3) is 0 Å². The predicted octanol–water partition coefficient (Wildman–Crippen LogP) is 1.21. The molecule has 1 amide bonds. The quantitative estimate of drug-likeness (QED) is 0.551. The van der Waals surface area contributed by atoms with Crippen molar-refractivity contribution in [3.8, 4) is 0 Å². The van der Waals surface area contributed by atoms with E-state index in [1.54, 1.807) is 19.0 Å². The molecular weight excluding hydrogens is 138 g/mol. The fourth-order valence-electron chi connectivity index (χ4n) is 1.13. The fraction of sp³-hybridized carbons (Fsp3) is 0.444. The highest BCUT2D eigenvalue weighted by molar-refractivity contribution is 5.83. The molecule has 0 aliphatic heterocycles. The van der Waals surface area contributed by atoms with Gasteiger partial charge in [0, 0.05) is 14.1 Å². The zero-order valence-electron chi connectivity index (χ0n) is 7.16. The number of hydrogen-bond acceptors (Lipinski definition) is 1. The first-order chi connectivity index (χ1) is 5.13. The molecule has 0 saturated heterocycles. The Labute approximate surface area is 67.2 Å². The lowest BCUT2D eigenvalue weighted by molar-refractivity contribution is -0.130. The fourth-order valence-corrected chi connectivity index (χ4v) is 1.13. The van der Waals surface area contributed by atoms with Crippen LogP contribution in [0.5, 0.6) is 0 Å². The second-order valence-corrected chi connectivity index (χ2v) is 3.01. The number of rotatable bonds is 1. The third-order valence-corrected chi connectivity index (χ3v) is 1.86. The van der Waals surface area contributed by atoms with Gasteiger partial charge in [0.2, 0.25) is 5.91 Å². The van der Waals surface area contributed by atoms with Crippen LogP contribution in [0.2, 0.25) is 0 Å². The average molecular weight is 151 g/mol. The third-order valence-electron chi connectivity index (χ3n) is 1.86. The van der Waals surface area contributed by atoms with Gasteiger partial charge in [-0.15, -0.1) is 0 Å². The van der Waals surface area contributed by atoms with Crippen LogP contribution >= 0.6 is 0 Å². The molecule has 1 aliphatic carbocycles. The first kappa shape index (κ1) is 8.05. The van der Waals surface area contributed by atoms with Gasteiger partial charge in [0.1, 0.15) is 0 Å². The van der Waals surface area contributed by atoms with Crippen molar-refractivity contribution in [3.63, 3.8) is 0 Å². The molecule has 0 saturated carbocycles. The molecule has 0 N–H and O–H groups in total. The van der Waals surface area contributed by atoms with Crippen molar-refractivity contribution >= 4 is 5.91 Å². The third kappa shape index (κ3) is 1.50. The van der Waals surface area contributed by atoms with Crippen LogP contribution in [-0.2, 0) is 4.79 Å². The van der Waals surface area contributed by atoms with Crippen LogP contribution < -0.4 is 0 Å². The van der Waals surface area contributed by atoms with Crippen LogP contribution in [0.15, 0.2) is 23.8 Å². The van der Waals surface area contributed by atoms with E-state index >= 15 is 0 Å². The number of allylic oxidation sites excluding steroid dienone is 2. The summed E-state index contributed by atoms with van der Waals surface area (Å²) >= 11 is 0. The Morgan fingerprint density at radius 2 is 2.18 bits per heavy atom. The minimum absolute atomic E-state index is 0.00926. The van der Waals surface area contributed by atoms with Crippen molar-refractivity contribution < 1.29 is 4.79 Å². The molecule has 0 aromatic heterocycles. The molecule has 0 aromatic rings. The smallest absolute Gasteiger partial charge is 0.233 e. The summed E-state index contributed by atoms with van der Waals surface area (Å²) in [4.78, 5) is 13.0. The van der Waals surface area contributed by atoms with Crippen molar-refractivity contribution in [2.45, 2.75) is 6.92 Å². The predicted molar refractivity (Wildman–Crippen MR) is 45.1 cm³/mol. The molecule has 60 valence electrons. The largest absolute Gasteiger partial charge is 0.348 e. The van der Waals surface area contributed by atoms with E-state index in [0.717, 1.165) is 5.57 Å². The summed E-state index contributed by atoms with van der Waals surface area (Å²) in [5.41, 5.74) is 1.13. The van der Waals surface area contributed by atoms with Gasteiger partial charge in [-0.05, 0) is 6.92 Å². The van der Waals surface area contributed by atoms with Crippen LogP contribution in [0, 0.1) is 5.92 Å². The van der Waals surface area contributed by atoms with Crippen LogP contribution in [0.1, 0.15) is 6.92 Å². The standard InChI is InChI=1S/C9H13NO/c1-7-5-4-6-8(7)9(11)10(2)3/h4-6,8H,1-3H3. The first-order valence-corrected chi connectivity index (χ1v) is 3.69. The van der Waals surface area contributed by atoms with Gasteiger partial charge in [0.25, 0.3) is 0 Å². The zero-order chi connectivity index (χ0) is 8.43. The van der Waals surface area contributed by atoms with Gasteiger partial charge >= 0.3 is 0 Å². The van der Waals surface area contributed by atoms with Gasteiger partial charge in [-0.2, -0.15) is 0 Å². The number of carbonyl (C=O) groups excluding carboxylic acids is 1. The monoisotopic (exact) mass is 151 g/mol. The summed E-state index contributed by atoms with van der Waals surface area (Å²) in [6.07, 6.45) is 5.84. The molecule has 1 unspecified atom stereocenters. The summed E-state index contributed by atoms with van der Waals surface area (Å²) in [6, 6.07) is 0. The molecule has 0 radical (unpaired) electrons. The van der Waals surface area contributed by atoms with Gasteiger partial charge in [0.05, 0.1) is 5.92 Å². The molecule has 0 spiro atoms. The minimum Gasteiger partial charge on any atom is -0.348 e. The van der Waals surface area contributed by atoms with Crippen molar-refractivity contribution in [3.05, 3.63) is 23.8 Å². The van der Waals surface area contributed by atoms with E-state index in [0.29, 0.717) is 0 Å². The molecule has 11 heavy (non-hydrogen) atoms. The molecule has 0 bridgehead atoms. The lowest BCUT2D eigenvalue weighted by Crippen LogP contribution is -2.28. The maximum absolute atomic E-state index is 11.4. The first-order valence-electron chi connectivity index (χ1n) is 3.69. The van der Waals surface area contributed by atoms with E-state index in [1.165, 1.54) is 0 Å². The van der Waals surface area contributed by atoms with Crippen LogP contribution in [-0.4, -0.2) is 24.9 Å². The number of amides is 1. The van der Waals surface area contributed by atoms with Gasteiger partial charge in [-0.1, -0.05) is 23.8 Å². The Kier molecular flexibility index (Phi) is 2.13. The summed E-state index contributed by atoms with van der Waals surface area (Å²) in [7, 11) is 3.56. The Morgan fingerprint density at radius 3 is 2.55 bits per heavy atom. The van der Waals surface area contributed by atoms with E-state index in [4.69, 9.17) is 0 Å². The number of hydrogen-bond donors (Lipinski definition) is 0. The molecule has 2 heteroatoms. The van der Waals surface area contributed by atoms with Crippen molar-refractivity contribution in [2.24, 2.45) is 5.92 Å². The topological polar surface area (TPSA) is 20.3 Å². The van der Waals surface area contributed by atoms with Gasteiger partial charge in [-0.3, -0.25) is 4.79 Å². The minimum atomic E-state index is -0.00926. The highest BCUT2D eigenvalue weighted by Crippen LogP contribution is 2.19. The van der Waals surface area contributed by atoms with Gasteiger partial charge in [0.15, 0.2) is 0 Å². The van der Waals surface area contributed by atoms with Crippen LogP contribution in [0.3, 0.4) is 0 Å². The molecular formula is C9H13NO. The molecule has 1 rings (SSSR count). The second kappa shape index (κ2) is 2.91. The lowest BCUT2D eigenvalue weighted by Gasteiger charge is -2.15. The highest BCUT2D eigenvalue weighted by atomic mass is 16.2. The van der Waals surface area contributed by atoms with E-state index in [-0.39, 0.29) is 11.8 Å². The number of nitrogens with zero attached hydrogens (tertiary/aromatic N) is 1. The van der Waals surface area contributed by atoms with E-state index in [1.807, 2.05) is 25.2 Å². The molecule has 0 aromatic carbocycles. The maximum Gasteiger partial charge on any atom is 0.233 e. The lowest BCUT2D eigenvalue weighted by atomic mass is 10.0. The maximum atomic E-state index is 11.4. The average Bonchev–Trinajstić information content (AvgIpc) is 2.33. The summed E-state index contributed by atoms with van der Waals surface area (Å²) in [6.45, 7) is 1.98. The van der Waals surface area contributed by atoms with Gasteiger partial charge in [-0.25, -0.2) is 0 Å². The Hall–Kier alpha value is -1.05. The van der Waals surface area contributed by atoms with E-state index < -0.39 is 0 Å². The van der Waals surface area contributed by atoms with Gasteiger partial charge < -0.3 is 4.90 Å². The summed E-state index contributed by atoms with van der Waals surface area (Å²) in [5, 5.41) is 0. The molecule has 2 nitrogen and oxygen atoms in total. The SMILES string of the molecule is CC1=CC=CC1C(=O)N(C)C. The molecule has 1 atom stereocenters. The molecule has 0 heterocycles. The summed E-state index contributed by atoms with van der Waals surface area (Å²) < 4.78 is 0.